The molecule has 0 unspecified atom stereocenters. The van der Waals surface area contributed by atoms with Gasteiger partial charge in [0.2, 0.25) is 0 Å². The molecule has 116 valence electrons. The molecule has 0 radical (unpaired) electrons. The highest BCUT2D eigenvalue weighted by Crippen LogP contribution is 2.09. The summed E-state index contributed by atoms with van der Waals surface area (Å²) in [5, 5.41) is 7.24. The van der Waals surface area contributed by atoms with Crippen LogP contribution in [0.5, 0.6) is 0 Å². The van der Waals surface area contributed by atoms with Crippen molar-refractivity contribution in [2.75, 3.05) is 18.9 Å². The van der Waals surface area contributed by atoms with Crippen molar-refractivity contribution in [2.24, 2.45) is 0 Å². The monoisotopic (exact) mass is 302 g/mol. The summed E-state index contributed by atoms with van der Waals surface area (Å²) in [5.74, 6) is 0.576. The number of hydrogen-bond donors (Lipinski definition) is 3. The number of carbonyl (C=O) groups excluding carboxylic acids is 2. The van der Waals surface area contributed by atoms with Crippen LogP contribution in [-0.4, -0.2) is 25.4 Å². The minimum atomic E-state index is -0.154. The van der Waals surface area contributed by atoms with Crippen LogP contribution in [0.25, 0.3) is 0 Å². The molecule has 0 spiro atoms. The van der Waals surface area contributed by atoms with Gasteiger partial charge in [-0.2, -0.15) is 0 Å². The standard InChI is InChI=1S/C16H19N3O3/c1-11(14-4-3-9-22-14)18-10-15(20)19-13-7-5-12(6-8-13)16(21)17-2/h3-9,11,18H,10H2,1-2H3,(H,17,21)(H,19,20)/p+1/t11-/m1/s1. The molecule has 2 amide bonds. The summed E-state index contributed by atoms with van der Waals surface area (Å²) in [4.78, 5) is 23.3. The first-order valence-electron chi connectivity index (χ1n) is 7.09. The lowest BCUT2D eigenvalue weighted by Crippen LogP contribution is -2.86. The number of rotatable bonds is 6. The maximum absolute atomic E-state index is 11.9. The normalized spacial score (nSPS) is 11.7. The quantitative estimate of drug-likeness (QED) is 0.741. The second-order valence-electron chi connectivity index (χ2n) is 4.95. The smallest absolute Gasteiger partial charge is 0.279 e. The van der Waals surface area contributed by atoms with Crippen LogP contribution in [0.3, 0.4) is 0 Å². The number of amides is 2. The minimum absolute atomic E-state index is 0.0800. The van der Waals surface area contributed by atoms with Crippen molar-refractivity contribution in [3.05, 3.63) is 54.0 Å². The number of nitrogens with one attached hydrogen (secondary N) is 2. The average Bonchev–Trinajstić information content (AvgIpc) is 3.07. The molecule has 0 saturated carbocycles. The summed E-state index contributed by atoms with van der Waals surface area (Å²) >= 11 is 0. The number of nitrogens with two attached hydrogens (primary N) is 1. The van der Waals surface area contributed by atoms with Crippen LogP contribution in [-0.2, 0) is 4.79 Å². The van der Waals surface area contributed by atoms with Crippen LogP contribution < -0.4 is 16.0 Å². The predicted molar refractivity (Wildman–Crippen MR) is 82.4 cm³/mol. The Kier molecular flexibility index (Phi) is 5.32. The fourth-order valence-corrected chi connectivity index (χ4v) is 2.01. The largest absolute Gasteiger partial charge is 0.463 e. The lowest BCUT2D eigenvalue weighted by molar-refractivity contribution is -0.684. The van der Waals surface area contributed by atoms with E-state index in [1.54, 1.807) is 37.6 Å². The zero-order chi connectivity index (χ0) is 15.9. The Morgan fingerprint density at radius 2 is 1.95 bits per heavy atom. The molecule has 0 saturated heterocycles. The van der Waals surface area contributed by atoms with Gasteiger partial charge in [0.05, 0.1) is 6.26 Å². The van der Waals surface area contributed by atoms with E-state index in [2.05, 4.69) is 10.6 Å². The van der Waals surface area contributed by atoms with Gasteiger partial charge in [0.15, 0.2) is 12.3 Å². The second-order valence-corrected chi connectivity index (χ2v) is 4.95. The molecule has 0 bridgehead atoms. The van der Waals surface area contributed by atoms with E-state index in [1.807, 2.05) is 24.4 Å². The van der Waals surface area contributed by atoms with Crippen LogP contribution >= 0.6 is 0 Å². The Hall–Kier alpha value is -2.60. The highest BCUT2D eigenvalue weighted by molar-refractivity contribution is 5.95. The fraction of sp³-hybridized carbons (Fsp3) is 0.250. The average molecular weight is 302 g/mol. The van der Waals surface area contributed by atoms with Crippen molar-refractivity contribution in [1.82, 2.24) is 5.32 Å². The third kappa shape index (κ3) is 4.20. The molecule has 1 heterocycles. The number of carbonyl (C=O) groups is 2. The van der Waals surface area contributed by atoms with Crippen molar-refractivity contribution < 1.29 is 19.3 Å². The first kappa shape index (κ1) is 15.8. The lowest BCUT2D eigenvalue weighted by Gasteiger charge is -2.09. The van der Waals surface area contributed by atoms with Crippen molar-refractivity contribution in [3.63, 3.8) is 0 Å². The molecule has 0 aliphatic carbocycles. The Morgan fingerprint density at radius 1 is 1.23 bits per heavy atom. The summed E-state index contributed by atoms with van der Waals surface area (Å²) in [5.41, 5.74) is 1.22. The molecule has 0 aliphatic heterocycles. The van der Waals surface area contributed by atoms with Crippen LogP contribution in [0.4, 0.5) is 5.69 Å². The van der Waals surface area contributed by atoms with Crippen LogP contribution in [0, 0.1) is 0 Å². The molecular formula is C16H20N3O3+. The summed E-state index contributed by atoms with van der Waals surface area (Å²) in [6, 6.07) is 10.5. The van der Waals surface area contributed by atoms with Crippen molar-refractivity contribution in [1.29, 1.82) is 0 Å². The molecule has 22 heavy (non-hydrogen) atoms. The van der Waals surface area contributed by atoms with E-state index in [0.717, 1.165) is 5.76 Å². The Balaban J connectivity index is 1.83. The molecule has 1 atom stereocenters. The molecule has 4 N–H and O–H groups in total. The van der Waals surface area contributed by atoms with Gasteiger partial charge in [-0.3, -0.25) is 9.59 Å². The fourth-order valence-electron chi connectivity index (χ4n) is 2.01. The molecule has 1 aromatic heterocycles. The summed E-state index contributed by atoms with van der Waals surface area (Å²) in [6.45, 7) is 2.27. The minimum Gasteiger partial charge on any atom is -0.463 e. The maximum Gasteiger partial charge on any atom is 0.279 e. The number of hydrogen-bond acceptors (Lipinski definition) is 3. The van der Waals surface area contributed by atoms with Gasteiger partial charge in [-0.15, -0.1) is 0 Å². The van der Waals surface area contributed by atoms with Gasteiger partial charge in [-0.1, -0.05) is 0 Å². The SMILES string of the molecule is CNC(=O)c1ccc(NC(=O)C[NH2+][C@H](C)c2ccco2)cc1. The van der Waals surface area contributed by atoms with E-state index in [4.69, 9.17) is 4.42 Å². The van der Waals surface area contributed by atoms with Gasteiger partial charge in [0.25, 0.3) is 11.8 Å². The highest BCUT2D eigenvalue weighted by atomic mass is 16.3. The second kappa shape index (κ2) is 7.42. The summed E-state index contributed by atoms with van der Waals surface area (Å²) in [6.07, 6.45) is 1.62. The zero-order valence-electron chi connectivity index (χ0n) is 12.6. The molecule has 0 aliphatic rings. The number of benzene rings is 1. The van der Waals surface area contributed by atoms with E-state index in [1.165, 1.54) is 0 Å². The van der Waals surface area contributed by atoms with Gasteiger partial charge < -0.3 is 20.4 Å². The van der Waals surface area contributed by atoms with Crippen molar-refractivity contribution in [3.8, 4) is 0 Å². The zero-order valence-corrected chi connectivity index (χ0v) is 12.6. The number of anilines is 1. The van der Waals surface area contributed by atoms with Crippen LogP contribution in [0.15, 0.2) is 47.1 Å². The van der Waals surface area contributed by atoms with E-state index < -0.39 is 0 Å². The molecular weight excluding hydrogens is 282 g/mol. The molecule has 2 rings (SSSR count). The third-order valence-electron chi connectivity index (χ3n) is 3.31. The molecule has 0 fully saturated rings. The topological polar surface area (TPSA) is 88.0 Å². The van der Waals surface area contributed by atoms with Crippen molar-refractivity contribution in [2.45, 2.75) is 13.0 Å². The van der Waals surface area contributed by atoms with Crippen LogP contribution in [0.1, 0.15) is 29.1 Å². The van der Waals surface area contributed by atoms with E-state index in [0.29, 0.717) is 17.8 Å². The Morgan fingerprint density at radius 3 is 2.55 bits per heavy atom. The van der Waals surface area contributed by atoms with Crippen molar-refractivity contribution >= 4 is 17.5 Å². The van der Waals surface area contributed by atoms with Gasteiger partial charge in [0.1, 0.15) is 6.04 Å². The van der Waals surface area contributed by atoms with E-state index in [9.17, 15) is 9.59 Å². The molecule has 6 heteroatoms. The predicted octanol–water partition coefficient (Wildman–Crippen LogP) is 0.902. The summed E-state index contributed by atoms with van der Waals surface area (Å²) < 4.78 is 5.29. The van der Waals surface area contributed by atoms with E-state index >= 15 is 0 Å². The first-order chi connectivity index (χ1) is 10.6. The first-order valence-corrected chi connectivity index (χ1v) is 7.09. The lowest BCUT2D eigenvalue weighted by atomic mass is 10.2. The van der Waals surface area contributed by atoms with Crippen LogP contribution in [0.2, 0.25) is 0 Å². The maximum atomic E-state index is 11.9. The van der Waals surface area contributed by atoms with Gasteiger partial charge in [0, 0.05) is 18.3 Å². The molecule has 1 aromatic carbocycles. The Labute approximate surface area is 128 Å². The highest BCUT2D eigenvalue weighted by Gasteiger charge is 2.13. The molecule has 6 nitrogen and oxygen atoms in total. The van der Waals surface area contributed by atoms with E-state index in [-0.39, 0.29) is 17.9 Å². The molecule has 2 aromatic rings. The van der Waals surface area contributed by atoms with Gasteiger partial charge in [-0.25, -0.2) is 0 Å². The number of furan rings is 1. The summed E-state index contributed by atoms with van der Waals surface area (Å²) in [7, 11) is 1.58. The van der Waals surface area contributed by atoms with Gasteiger partial charge in [-0.05, 0) is 43.3 Å². The third-order valence-corrected chi connectivity index (χ3v) is 3.31. The van der Waals surface area contributed by atoms with Gasteiger partial charge >= 0.3 is 0 Å². The Bertz CT molecular complexity index is 621. The number of quaternary nitrogens is 1.